The summed E-state index contributed by atoms with van der Waals surface area (Å²) in [6, 6.07) is 7.24. The highest BCUT2D eigenvalue weighted by molar-refractivity contribution is 9.10. The normalized spacial score (nSPS) is 18.7. The van der Waals surface area contributed by atoms with Gasteiger partial charge >= 0.3 is 0 Å². The Morgan fingerprint density at radius 2 is 2.06 bits per heavy atom. The minimum absolute atomic E-state index is 0.289. The summed E-state index contributed by atoms with van der Waals surface area (Å²) in [5.74, 6) is 1.83. The number of phenols is 1. The van der Waals surface area contributed by atoms with Gasteiger partial charge in [-0.3, -0.25) is 0 Å². The van der Waals surface area contributed by atoms with Crippen molar-refractivity contribution in [2.75, 3.05) is 0 Å². The maximum Gasteiger partial charge on any atom is 0.141 e. The van der Waals surface area contributed by atoms with Crippen LogP contribution in [0.15, 0.2) is 28.9 Å². The summed E-state index contributed by atoms with van der Waals surface area (Å²) in [6.45, 7) is 3.27. The number of nitrogens with zero attached hydrogens (tertiary/aromatic N) is 2. The second-order valence-electron chi connectivity index (χ2n) is 4.85. The molecule has 3 rings (SSSR count). The molecule has 0 radical (unpaired) electrons. The lowest BCUT2D eigenvalue weighted by Crippen LogP contribution is -2.14. The number of benzene rings is 1. The Labute approximate surface area is 115 Å². The molecule has 18 heavy (non-hydrogen) atoms. The van der Waals surface area contributed by atoms with E-state index in [-0.39, 0.29) is 5.75 Å². The third-order valence-electron chi connectivity index (χ3n) is 3.57. The molecule has 0 aliphatic carbocycles. The zero-order chi connectivity index (χ0) is 12.7. The Hall–Kier alpha value is -1.29. The van der Waals surface area contributed by atoms with Gasteiger partial charge in [-0.25, -0.2) is 4.98 Å². The van der Waals surface area contributed by atoms with Crippen molar-refractivity contribution in [3.05, 3.63) is 34.6 Å². The van der Waals surface area contributed by atoms with Gasteiger partial charge in [0.1, 0.15) is 16.2 Å². The molecular weight excluding hydrogens is 292 g/mol. The zero-order valence-electron chi connectivity index (χ0n) is 10.2. The first kappa shape index (κ1) is 11.8. The molecule has 0 fully saturated rings. The fraction of sp³-hybridized carbons (Fsp3) is 0.357. The number of aromatic hydroxyl groups is 1. The summed E-state index contributed by atoms with van der Waals surface area (Å²) < 4.78 is 3.25. The molecule has 2 heterocycles. The molecule has 1 aromatic carbocycles. The topological polar surface area (TPSA) is 38.0 Å². The fourth-order valence-corrected chi connectivity index (χ4v) is 3.43. The zero-order valence-corrected chi connectivity index (χ0v) is 11.8. The molecule has 1 aromatic heterocycles. The van der Waals surface area contributed by atoms with Crippen LogP contribution < -0.4 is 0 Å². The van der Waals surface area contributed by atoms with Gasteiger partial charge < -0.3 is 9.67 Å². The molecule has 2 aromatic rings. The van der Waals surface area contributed by atoms with E-state index in [9.17, 15) is 5.11 Å². The molecule has 1 atom stereocenters. The van der Waals surface area contributed by atoms with E-state index in [0.29, 0.717) is 5.92 Å². The molecule has 0 spiro atoms. The first-order chi connectivity index (χ1) is 8.66. The minimum atomic E-state index is 0.289. The lowest BCUT2D eigenvalue weighted by molar-refractivity contribution is 0.474. The summed E-state index contributed by atoms with van der Waals surface area (Å²) in [5.41, 5.74) is 2.35. The summed E-state index contributed by atoms with van der Waals surface area (Å²) in [6.07, 6.45) is 2.42. The Bertz CT molecular complexity index is 574. The van der Waals surface area contributed by atoms with Crippen molar-refractivity contribution >= 4 is 15.9 Å². The quantitative estimate of drug-likeness (QED) is 0.867. The molecule has 1 aliphatic rings. The van der Waals surface area contributed by atoms with Crippen molar-refractivity contribution in [2.24, 2.45) is 0 Å². The summed E-state index contributed by atoms with van der Waals surface area (Å²) >= 11 is 3.57. The second-order valence-corrected chi connectivity index (χ2v) is 5.60. The predicted octanol–water partition coefficient (Wildman–Crippen LogP) is 3.92. The average Bonchev–Trinajstić information content (AvgIpc) is 2.69. The number of fused-ring (bicyclic) bond motifs is 1. The minimum Gasteiger partial charge on any atom is -0.508 e. The standard InChI is InChI=1S/C14H15BrN2O/c1-9-3-2-8-17-12(9)13(15)16-14(17)10-4-6-11(18)7-5-10/h4-7,9,18H,2-3,8H2,1H3. The molecule has 0 saturated carbocycles. The number of aromatic nitrogens is 2. The van der Waals surface area contributed by atoms with Crippen molar-refractivity contribution < 1.29 is 5.11 Å². The smallest absolute Gasteiger partial charge is 0.141 e. The molecule has 1 aliphatic heterocycles. The van der Waals surface area contributed by atoms with Gasteiger partial charge in [0, 0.05) is 12.1 Å². The largest absolute Gasteiger partial charge is 0.508 e. The number of hydrogen-bond acceptors (Lipinski definition) is 2. The van der Waals surface area contributed by atoms with Gasteiger partial charge in [-0.15, -0.1) is 0 Å². The fourth-order valence-electron chi connectivity index (χ4n) is 2.65. The molecule has 1 N–H and O–H groups in total. The van der Waals surface area contributed by atoms with Crippen LogP contribution in [0.3, 0.4) is 0 Å². The van der Waals surface area contributed by atoms with E-state index in [4.69, 9.17) is 0 Å². The summed E-state index contributed by atoms with van der Waals surface area (Å²) in [4.78, 5) is 4.64. The Kier molecular flexibility index (Phi) is 2.90. The van der Waals surface area contributed by atoms with Gasteiger partial charge in [0.2, 0.25) is 0 Å². The van der Waals surface area contributed by atoms with Gasteiger partial charge in [0.25, 0.3) is 0 Å². The van der Waals surface area contributed by atoms with Crippen LogP contribution in [0.4, 0.5) is 0 Å². The van der Waals surface area contributed by atoms with Crippen molar-refractivity contribution in [1.29, 1.82) is 0 Å². The molecule has 0 saturated heterocycles. The molecule has 3 nitrogen and oxygen atoms in total. The second kappa shape index (κ2) is 4.43. The average molecular weight is 307 g/mol. The van der Waals surface area contributed by atoms with Crippen LogP contribution in [0, 0.1) is 0 Å². The predicted molar refractivity (Wildman–Crippen MR) is 74.7 cm³/mol. The highest BCUT2D eigenvalue weighted by Crippen LogP contribution is 2.36. The first-order valence-electron chi connectivity index (χ1n) is 6.22. The monoisotopic (exact) mass is 306 g/mol. The van der Waals surface area contributed by atoms with Crippen LogP contribution in [0.25, 0.3) is 11.4 Å². The van der Waals surface area contributed by atoms with Crippen LogP contribution in [0.1, 0.15) is 31.4 Å². The molecular formula is C14H15BrN2O. The molecule has 94 valence electrons. The number of imidazole rings is 1. The van der Waals surface area contributed by atoms with Crippen LogP contribution in [0.2, 0.25) is 0 Å². The van der Waals surface area contributed by atoms with Crippen molar-refractivity contribution in [1.82, 2.24) is 9.55 Å². The lowest BCUT2D eigenvalue weighted by Gasteiger charge is -2.22. The van der Waals surface area contributed by atoms with Crippen molar-refractivity contribution in [3.8, 4) is 17.1 Å². The van der Waals surface area contributed by atoms with Gasteiger partial charge in [0.05, 0.1) is 5.69 Å². The van der Waals surface area contributed by atoms with Crippen LogP contribution in [-0.4, -0.2) is 14.7 Å². The van der Waals surface area contributed by atoms with E-state index >= 15 is 0 Å². The third-order valence-corrected chi connectivity index (χ3v) is 4.16. The third kappa shape index (κ3) is 1.85. The maximum atomic E-state index is 9.35. The maximum absolute atomic E-state index is 9.35. The Balaban J connectivity index is 2.13. The molecule has 0 bridgehead atoms. The van der Waals surface area contributed by atoms with E-state index in [1.165, 1.54) is 18.5 Å². The van der Waals surface area contributed by atoms with Gasteiger partial charge in [0.15, 0.2) is 0 Å². The number of rotatable bonds is 1. The van der Waals surface area contributed by atoms with E-state index in [1.54, 1.807) is 12.1 Å². The van der Waals surface area contributed by atoms with Gasteiger partial charge in [-0.2, -0.15) is 0 Å². The van der Waals surface area contributed by atoms with Gasteiger partial charge in [-0.1, -0.05) is 6.92 Å². The van der Waals surface area contributed by atoms with Crippen LogP contribution >= 0.6 is 15.9 Å². The highest BCUT2D eigenvalue weighted by Gasteiger charge is 2.24. The summed E-state index contributed by atoms with van der Waals surface area (Å²) in [7, 11) is 0. The van der Waals surface area contributed by atoms with Crippen molar-refractivity contribution in [3.63, 3.8) is 0 Å². The van der Waals surface area contributed by atoms with Crippen molar-refractivity contribution in [2.45, 2.75) is 32.2 Å². The van der Waals surface area contributed by atoms with E-state index in [0.717, 1.165) is 22.5 Å². The van der Waals surface area contributed by atoms with E-state index < -0.39 is 0 Å². The SMILES string of the molecule is CC1CCCn2c(-c3ccc(O)cc3)nc(Br)c21. The van der Waals surface area contributed by atoms with Crippen LogP contribution in [0.5, 0.6) is 5.75 Å². The number of halogens is 1. The highest BCUT2D eigenvalue weighted by atomic mass is 79.9. The Morgan fingerprint density at radius 3 is 2.78 bits per heavy atom. The van der Waals surface area contributed by atoms with E-state index in [2.05, 4.69) is 32.4 Å². The first-order valence-corrected chi connectivity index (χ1v) is 7.01. The number of phenolic OH excluding ortho intramolecular Hbond substituents is 1. The lowest BCUT2D eigenvalue weighted by atomic mass is 9.98. The Morgan fingerprint density at radius 1 is 1.33 bits per heavy atom. The molecule has 4 heteroatoms. The van der Waals surface area contributed by atoms with E-state index in [1.807, 2.05) is 12.1 Å². The molecule has 1 unspecified atom stereocenters. The summed E-state index contributed by atoms with van der Waals surface area (Å²) in [5, 5.41) is 9.35. The molecule has 0 amide bonds. The van der Waals surface area contributed by atoms with Crippen LogP contribution in [-0.2, 0) is 6.54 Å². The van der Waals surface area contributed by atoms with Gasteiger partial charge in [-0.05, 0) is 59.0 Å². The number of hydrogen-bond donors (Lipinski definition) is 1.